The molecular weight excluding hydrogens is 247 g/mol. The van der Waals surface area contributed by atoms with E-state index in [0.29, 0.717) is 0 Å². The maximum Gasteiger partial charge on any atom is 0.200 e. The van der Waals surface area contributed by atoms with Crippen LogP contribution in [-0.2, 0) is 0 Å². The van der Waals surface area contributed by atoms with E-state index in [9.17, 15) is 22.0 Å². The number of aromatic nitrogens is 1. The van der Waals surface area contributed by atoms with Gasteiger partial charge < -0.3 is 10.3 Å². The molecule has 0 bridgehead atoms. The first-order chi connectivity index (χ1) is 7.93. The predicted octanol–water partition coefficient (Wildman–Crippen LogP) is 2.62. The molecule has 1 aromatic carbocycles. The van der Waals surface area contributed by atoms with Gasteiger partial charge in [0.15, 0.2) is 34.8 Å². The second-order valence-corrected chi connectivity index (χ2v) is 3.06. The Hall–Kier alpha value is -2.12. The van der Waals surface area contributed by atoms with Gasteiger partial charge in [-0.2, -0.15) is 0 Å². The van der Waals surface area contributed by atoms with Crippen molar-refractivity contribution in [1.82, 2.24) is 5.16 Å². The molecule has 2 N–H and O–H groups in total. The van der Waals surface area contributed by atoms with Crippen molar-refractivity contribution in [2.75, 3.05) is 5.73 Å². The zero-order valence-corrected chi connectivity index (χ0v) is 7.90. The first-order valence-corrected chi connectivity index (χ1v) is 4.17. The molecule has 1 heterocycles. The molecule has 0 aliphatic heterocycles. The van der Waals surface area contributed by atoms with Crippen molar-refractivity contribution in [3.8, 4) is 11.3 Å². The van der Waals surface area contributed by atoms with Crippen LogP contribution in [0.4, 0.5) is 27.8 Å². The molecule has 17 heavy (non-hydrogen) atoms. The molecule has 2 aromatic rings. The first-order valence-electron chi connectivity index (χ1n) is 4.17. The Balaban J connectivity index is 2.78. The van der Waals surface area contributed by atoms with Gasteiger partial charge in [0.1, 0.15) is 0 Å². The van der Waals surface area contributed by atoms with Crippen LogP contribution in [0.1, 0.15) is 0 Å². The fraction of sp³-hybridized carbons (Fsp3) is 0. The smallest absolute Gasteiger partial charge is 0.200 e. The minimum atomic E-state index is -2.24. The predicted molar refractivity (Wildman–Crippen MR) is 46.1 cm³/mol. The van der Waals surface area contributed by atoms with Crippen LogP contribution in [-0.4, -0.2) is 5.16 Å². The van der Waals surface area contributed by atoms with E-state index in [-0.39, 0.29) is 5.82 Å². The molecule has 0 fully saturated rings. The average Bonchev–Trinajstić information content (AvgIpc) is 2.71. The van der Waals surface area contributed by atoms with Gasteiger partial charge in [-0.3, -0.25) is 0 Å². The number of nitrogens with zero attached hydrogens (tertiary/aromatic N) is 1. The number of nitrogens with two attached hydrogens (primary N) is 1. The van der Waals surface area contributed by atoms with Gasteiger partial charge in [0, 0.05) is 6.07 Å². The van der Waals surface area contributed by atoms with Crippen molar-refractivity contribution in [1.29, 1.82) is 0 Å². The van der Waals surface area contributed by atoms with E-state index >= 15 is 0 Å². The zero-order chi connectivity index (χ0) is 12.7. The minimum absolute atomic E-state index is 0.246. The van der Waals surface area contributed by atoms with E-state index in [1.54, 1.807) is 0 Å². The summed E-state index contributed by atoms with van der Waals surface area (Å²) in [6, 6.07) is 0.846. The highest BCUT2D eigenvalue weighted by Gasteiger charge is 2.28. The number of hydrogen-bond acceptors (Lipinski definition) is 3. The molecule has 0 saturated heterocycles. The van der Waals surface area contributed by atoms with Gasteiger partial charge >= 0.3 is 0 Å². The molecule has 8 heteroatoms. The normalized spacial score (nSPS) is 10.9. The summed E-state index contributed by atoms with van der Waals surface area (Å²) in [7, 11) is 0. The summed E-state index contributed by atoms with van der Waals surface area (Å²) in [5, 5.41) is 3.09. The summed E-state index contributed by atoms with van der Waals surface area (Å²) in [6.45, 7) is 0. The lowest BCUT2D eigenvalue weighted by Gasteiger charge is -2.04. The number of anilines is 1. The standard InChI is InChI=1S/C9H3F5N2O/c10-5-4(2-1-3(15)16-17-2)6(11)8(13)9(14)7(5)12/h1H,(H2,15,16). The molecule has 0 spiro atoms. The monoisotopic (exact) mass is 250 g/mol. The minimum Gasteiger partial charge on any atom is -0.381 e. The molecule has 0 radical (unpaired) electrons. The fourth-order valence-corrected chi connectivity index (χ4v) is 1.23. The van der Waals surface area contributed by atoms with E-state index in [1.807, 2.05) is 0 Å². The fourth-order valence-electron chi connectivity index (χ4n) is 1.23. The van der Waals surface area contributed by atoms with E-state index in [1.165, 1.54) is 0 Å². The van der Waals surface area contributed by atoms with Crippen molar-refractivity contribution in [2.45, 2.75) is 0 Å². The average molecular weight is 250 g/mol. The Morgan fingerprint density at radius 3 is 1.76 bits per heavy atom. The van der Waals surface area contributed by atoms with Gasteiger partial charge in [-0.05, 0) is 0 Å². The maximum atomic E-state index is 13.2. The Morgan fingerprint density at radius 1 is 0.882 bits per heavy atom. The van der Waals surface area contributed by atoms with E-state index in [0.717, 1.165) is 6.07 Å². The zero-order valence-electron chi connectivity index (χ0n) is 7.90. The largest absolute Gasteiger partial charge is 0.381 e. The third kappa shape index (κ3) is 1.61. The summed E-state index contributed by atoms with van der Waals surface area (Å²) in [5.41, 5.74) is 3.91. The van der Waals surface area contributed by atoms with Gasteiger partial charge in [0.05, 0.1) is 5.56 Å². The van der Waals surface area contributed by atoms with Crippen molar-refractivity contribution >= 4 is 5.82 Å². The van der Waals surface area contributed by atoms with Crippen molar-refractivity contribution in [3.05, 3.63) is 35.2 Å². The van der Waals surface area contributed by atoms with Gasteiger partial charge in [0.25, 0.3) is 0 Å². The van der Waals surface area contributed by atoms with E-state index < -0.39 is 40.4 Å². The SMILES string of the molecule is Nc1cc(-c2c(F)c(F)c(F)c(F)c2F)on1. The number of rotatable bonds is 1. The molecule has 0 aliphatic rings. The Kier molecular flexibility index (Phi) is 2.49. The lowest BCUT2D eigenvalue weighted by molar-refractivity contribution is 0.374. The van der Waals surface area contributed by atoms with Crippen molar-refractivity contribution in [2.24, 2.45) is 0 Å². The van der Waals surface area contributed by atoms with Crippen LogP contribution in [0.5, 0.6) is 0 Å². The van der Waals surface area contributed by atoms with E-state index in [4.69, 9.17) is 5.73 Å². The molecular formula is C9H3F5N2O. The third-order valence-corrected chi connectivity index (χ3v) is 1.98. The molecule has 0 saturated carbocycles. The van der Waals surface area contributed by atoms with E-state index in [2.05, 4.69) is 9.68 Å². The molecule has 0 unspecified atom stereocenters. The van der Waals surface area contributed by atoms with Gasteiger partial charge in [0.2, 0.25) is 5.82 Å². The second-order valence-electron chi connectivity index (χ2n) is 3.06. The molecule has 0 aliphatic carbocycles. The summed E-state index contributed by atoms with van der Waals surface area (Å²) >= 11 is 0. The quantitative estimate of drug-likeness (QED) is 0.481. The number of halogens is 5. The lowest BCUT2D eigenvalue weighted by Crippen LogP contribution is -2.03. The molecule has 3 nitrogen and oxygen atoms in total. The second kappa shape index (κ2) is 3.72. The van der Waals surface area contributed by atoms with Gasteiger partial charge in [-0.25, -0.2) is 22.0 Å². The summed E-state index contributed by atoms with van der Waals surface area (Å²) in [6.07, 6.45) is 0. The lowest BCUT2D eigenvalue weighted by atomic mass is 10.1. The van der Waals surface area contributed by atoms with Gasteiger partial charge in [-0.15, -0.1) is 0 Å². The highest BCUT2D eigenvalue weighted by molar-refractivity contribution is 5.62. The number of nitrogen functional groups attached to an aromatic ring is 1. The number of benzene rings is 1. The summed E-state index contributed by atoms with van der Waals surface area (Å²) in [5.74, 6) is -11.3. The van der Waals surface area contributed by atoms with Crippen LogP contribution in [0.25, 0.3) is 11.3 Å². The van der Waals surface area contributed by atoms with Gasteiger partial charge in [-0.1, -0.05) is 5.16 Å². The van der Waals surface area contributed by atoms with Crippen LogP contribution in [0.15, 0.2) is 10.6 Å². The van der Waals surface area contributed by atoms with Crippen LogP contribution >= 0.6 is 0 Å². The first kappa shape index (κ1) is 11.4. The number of hydrogen-bond donors (Lipinski definition) is 1. The molecule has 0 amide bonds. The summed E-state index contributed by atoms with van der Waals surface area (Å²) in [4.78, 5) is 0. The topological polar surface area (TPSA) is 52.0 Å². The van der Waals surface area contributed by atoms with Crippen LogP contribution < -0.4 is 5.73 Å². The molecule has 1 aromatic heterocycles. The van der Waals surface area contributed by atoms with Crippen molar-refractivity contribution < 1.29 is 26.5 Å². The third-order valence-electron chi connectivity index (χ3n) is 1.98. The van der Waals surface area contributed by atoms with Crippen LogP contribution in [0.3, 0.4) is 0 Å². The Bertz CT molecular complexity index is 566. The molecule has 90 valence electrons. The van der Waals surface area contributed by atoms with Crippen LogP contribution in [0.2, 0.25) is 0 Å². The highest BCUT2D eigenvalue weighted by atomic mass is 19.2. The molecule has 0 atom stereocenters. The Morgan fingerprint density at radius 2 is 1.35 bits per heavy atom. The van der Waals surface area contributed by atoms with Crippen molar-refractivity contribution in [3.63, 3.8) is 0 Å². The summed E-state index contributed by atoms with van der Waals surface area (Å²) < 4.78 is 69.2. The maximum absolute atomic E-state index is 13.2. The Labute approximate surface area is 90.6 Å². The van der Waals surface area contributed by atoms with Crippen LogP contribution in [0, 0.1) is 29.1 Å². The molecule has 2 rings (SSSR count). The highest BCUT2D eigenvalue weighted by Crippen LogP contribution is 2.32.